The number of para-hydroxylation sites is 1. The Morgan fingerprint density at radius 1 is 0.810 bits per heavy atom. The number of hydrogen-bond donors (Lipinski definition) is 9. The van der Waals surface area contributed by atoms with Gasteiger partial charge >= 0.3 is 0 Å². The maximum absolute atomic E-state index is 13.8. The van der Waals surface area contributed by atoms with Gasteiger partial charge in [0.05, 0.1) is 19.6 Å². The third kappa shape index (κ3) is 10.8. The normalized spacial score (nSPS) is 22.4. The van der Waals surface area contributed by atoms with E-state index in [-0.39, 0.29) is 24.3 Å². The number of aliphatic hydroxyl groups excluding tert-OH is 1. The summed E-state index contributed by atoms with van der Waals surface area (Å²) in [6.07, 6.45) is 3.03. The first-order valence-electron chi connectivity index (χ1n) is 19.3. The van der Waals surface area contributed by atoms with Gasteiger partial charge in [-0.3, -0.25) is 33.6 Å². The van der Waals surface area contributed by atoms with E-state index in [0.29, 0.717) is 30.4 Å². The molecule has 0 aliphatic carbocycles. The minimum atomic E-state index is -1.70. The van der Waals surface area contributed by atoms with Crippen LogP contribution in [0.3, 0.4) is 0 Å². The average Bonchev–Trinajstić information content (AvgIpc) is 3.86. The van der Waals surface area contributed by atoms with Crippen LogP contribution in [-0.2, 0) is 46.4 Å². The van der Waals surface area contributed by atoms with Crippen molar-refractivity contribution in [2.24, 2.45) is 5.92 Å². The Balaban J connectivity index is 1.45. The lowest BCUT2D eigenvalue weighted by atomic mass is 9.97. The van der Waals surface area contributed by atoms with E-state index < -0.39 is 97.2 Å². The largest absolute Gasteiger partial charge is 0.508 e. The maximum Gasteiger partial charge on any atom is 0.246 e. The molecule has 0 saturated carbocycles. The Morgan fingerprint density at radius 2 is 1.47 bits per heavy atom. The Hall–Kier alpha value is -6.23. The molecule has 310 valence electrons. The molecule has 7 amide bonds. The number of phenols is 1. The summed E-state index contributed by atoms with van der Waals surface area (Å²) in [4.78, 5) is 99.0. The number of fused-ring (bicyclic) bond motifs is 2. The number of rotatable bonds is 7. The van der Waals surface area contributed by atoms with Crippen LogP contribution in [-0.4, -0.2) is 112 Å². The fourth-order valence-corrected chi connectivity index (χ4v) is 7.01. The predicted molar refractivity (Wildman–Crippen MR) is 213 cm³/mol. The second-order valence-electron chi connectivity index (χ2n) is 15.2. The van der Waals surface area contributed by atoms with Crippen molar-refractivity contribution >= 4 is 52.3 Å². The second kappa shape index (κ2) is 19.3. The van der Waals surface area contributed by atoms with Crippen LogP contribution in [0.4, 0.5) is 0 Å². The van der Waals surface area contributed by atoms with Crippen LogP contribution in [0, 0.1) is 5.92 Å². The van der Waals surface area contributed by atoms with E-state index in [1.54, 1.807) is 20.0 Å². The molecule has 0 radical (unpaired) electrons. The smallest absolute Gasteiger partial charge is 0.246 e. The van der Waals surface area contributed by atoms with Crippen molar-refractivity contribution < 1.29 is 43.8 Å². The lowest BCUT2D eigenvalue weighted by Crippen LogP contribution is -2.56. The van der Waals surface area contributed by atoms with Gasteiger partial charge in [-0.05, 0) is 73.9 Å². The Kier molecular flexibility index (Phi) is 14.3. The fraction of sp³-hybridized carbons (Fsp3) is 0.439. The maximum atomic E-state index is 13.8. The zero-order valence-electron chi connectivity index (χ0n) is 33.0. The highest BCUT2D eigenvalue weighted by molar-refractivity contribution is 5.97. The number of carbonyl (C=O) groups is 7. The number of phenolic OH excluding ortho intramolecular Hbond substituents is 1. The number of nitrogens with one attached hydrogen (secondary N) is 7. The molecule has 2 saturated heterocycles. The van der Waals surface area contributed by atoms with Gasteiger partial charge in [0.25, 0.3) is 0 Å². The summed E-state index contributed by atoms with van der Waals surface area (Å²) >= 11 is 0. The fourth-order valence-electron chi connectivity index (χ4n) is 7.01. The van der Waals surface area contributed by atoms with E-state index in [1.807, 2.05) is 44.2 Å². The lowest BCUT2D eigenvalue weighted by molar-refractivity contribution is -0.140. The molecule has 5 atom stereocenters. The van der Waals surface area contributed by atoms with Crippen LogP contribution in [0.2, 0.25) is 0 Å². The van der Waals surface area contributed by atoms with Gasteiger partial charge in [0, 0.05) is 30.1 Å². The number of carbonyl (C=O) groups excluding carboxylic acids is 7. The molecule has 58 heavy (non-hydrogen) atoms. The molecule has 0 bridgehead atoms. The molecule has 2 aliphatic heterocycles. The summed E-state index contributed by atoms with van der Waals surface area (Å²) in [5.74, 6) is -5.63. The molecule has 3 aromatic rings. The third-order valence-corrected chi connectivity index (χ3v) is 10.2. The van der Waals surface area contributed by atoms with E-state index in [9.17, 15) is 43.8 Å². The summed E-state index contributed by atoms with van der Waals surface area (Å²) in [5.41, 5.74) is 3.11. The number of aromatic amines is 1. The second-order valence-corrected chi connectivity index (χ2v) is 15.2. The van der Waals surface area contributed by atoms with Crippen molar-refractivity contribution in [1.29, 1.82) is 0 Å². The number of aliphatic hydroxyl groups is 1. The van der Waals surface area contributed by atoms with Crippen molar-refractivity contribution in [3.05, 3.63) is 77.0 Å². The highest BCUT2D eigenvalue weighted by Gasteiger charge is 2.37. The van der Waals surface area contributed by atoms with Crippen LogP contribution in [0.15, 0.2) is 60.3 Å². The molecule has 17 heteroatoms. The number of hydrogen-bond acceptors (Lipinski definition) is 9. The first kappa shape index (κ1) is 42.9. The molecular weight excluding hydrogens is 748 g/mol. The predicted octanol–water partition coefficient (Wildman–Crippen LogP) is 0.122. The summed E-state index contributed by atoms with van der Waals surface area (Å²) in [5, 5.41) is 38.1. The molecule has 2 fully saturated rings. The number of nitrogens with zero attached hydrogens (tertiary/aromatic N) is 1. The van der Waals surface area contributed by atoms with Crippen LogP contribution in [0.1, 0.15) is 63.3 Å². The molecule has 2 aromatic carbocycles. The highest BCUT2D eigenvalue weighted by atomic mass is 16.3. The van der Waals surface area contributed by atoms with Crippen molar-refractivity contribution in [3.8, 4) is 5.75 Å². The number of H-pyrrole nitrogens is 1. The number of allylic oxidation sites excluding steroid dienone is 2. The number of amides is 7. The zero-order valence-corrected chi connectivity index (χ0v) is 33.0. The van der Waals surface area contributed by atoms with Gasteiger partial charge in [-0.2, -0.15) is 0 Å². The highest BCUT2D eigenvalue weighted by Crippen LogP contribution is 2.26. The molecule has 1 aromatic heterocycles. The first-order valence-corrected chi connectivity index (χ1v) is 19.3. The van der Waals surface area contributed by atoms with Crippen molar-refractivity contribution in [3.63, 3.8) is 0 Å². The van der Waals surface area contributed by atoms with Gasteiger partial charge in [-0.25, -0.2) is 0 Å². The standard InChI is InChI=1S/C41H52N8O9/c1-22(2)11-12-24-16-25(13-14-31(24)50)37(54)36-41(58)44-20-32(51)47-35(23(3)4)40(57)45-21-34(53)49-15-7-10-30(49)39(56)46-29(38(55)43-19-33(52)48-36)17-26-18-42-28-9-6-5-8-27(26)28/h5-6,8-9,11,13-14,16,18,23,29-30,35-37,42,50,54H,7,10,12,15,17,19-21H2,1-4H3,(H,43,55)(H,44,58)(H,45,57)(H,46,56)(H,47,51)(H,48,52)/t29-,30+,35-,36-,37-/m1/s1. The van der Waals surface area contributed by atoms with Gasteiger partial charge < -0.3 is 52.0 Å². The third-order valence-electron chi connectivity index (χ3n) is 10.2. The van der Waals surface area contributed by atoms with Crippen molar-refractivity contribution in [1.82, 2.24) is 41.8 Å². The van der Waals surface area contributed by atoms with E-state index in [1.165, 1.54) is 23.1 Å². The van der Waals surface area contributed by atoms with Crippen LogP contribution < -0.4 is 31.9 Å². The summed E-state index contributed by atoms with van der Waals surface area (Å²) in [6, 6.07) is 6.67. The molecule has 2 aliphatic rings. The van der Waals surface area contributed by atoms with Crippen molar-refractivity contribution in [2.45, 2.75) is 83.6 Å². The van der Waals surface area contributed by atoms with E-state index in [0.717, 1.165) is 16.5 Å². The topological polar surface area (TPSA) is 251 Å². The minimum absolute atomic E-state index is 0.0111. The quantitative estimate of drug-likeness (QED) is 0.147. The Morgan fingerprint density at radius 3 is 2.17 bits per heavy atom. The van der Waals surface area contributed by atoms with Gasteiger partial charge in [-0.1, -0.05) is 49.8 Å². The van der Waals surface area contributed by atoms with Gasteiger partial charge in [0.2, 0.25) is 41.4 Å². The number of aromatic hydroxyl groups is 1. The van der Waals surface area contributed by atoms with Crippen LogP contribution >= 0.6 is 0 Å². The number of aromatic nitrogens is 1. The number of benzene rings is 2. The molecule has 9 N–H and O–H groups in total. The first-order chi connectivity index (χ1) is 27.6. The van der Waals surface area contributed by atoms with E-state index in [2.05, 4.69) is 36.9 Å². The Bertz CT molecular complexity index is 2070. The van der Waals surface area contributed by atoms with E-state index in [4.69, 9.17) is 0 Å². The van der Waals surface area contributed by atoms with Crippen molar-refractivity contribution in [2.75, 3.05) is 26.2 Å². The summed E-state index contributed by atoms with van der Waals surface area (Å²) in [7, 11) is 0. The van der Waals surface area contributed by atoms with Gasteiger partial charge in [-0.15, -0.1) is 0 Å². The molecule has 0 unspecified atom stereocenters. The summed E-state index contributed by atoms with van der Waals surface area (Å²) in [6.45, 7) is 5.59. The van der Waals surface area contributed by atoms with Crippen LogP contribution in [0.25, 0.3) is 10.9 Å². The molecule has 0 spiro atoms. The minimum Gasteiger partial charge on any atom is -0.508 e. The molecule has 5 rings (SSSR count). The van der Waals surface area contributed by atoms with E-state index >= 15 is 0 Å². The molecule has 3 heterocycles. The van der Waals surface area contributed by atoms with Gasteiger partial charge in [0.1, 0.15) is 36.0 Å². The molecule has 17 nitrogen and oxygen atoms in total. The Labute approximate surface area is 335 Å². The average molecular weight is 801 g/mol. The SMILES string of the molecule is CC(C)=CCc1cc([C@@H](O)[C@H]2NC(=O)CNC(=O)[C@@H](Cc3c[nH]c4ccccc34)NC(=O)[C@@H]3CCCN3C(=O)CNC(=O)[C@@H](C(C)C)NC(=O)CNC2=O)ccc1O. The van der Waals surface area contributed by atoms with Gasteiger partial charge in [0.15, 0.2) is 0 Å². The summed E-state index contributed by atoms with van der Waals surface area (Å²) < 4.78 is 0. The zero-order chi connectivity index (χ0) is 42.1. The monoisotopic (exact) mass is 800 g/mol. The molecular formula is C41H52N8O9. The lowest BCUT2D eigenvalue weighted by Gasteiger charge is -2.27. The van der Waals surface area contributed by atoms with Crippen LogP contribution in [0.5, 0.6) is 5.75 Å².